The lowest BCUT2D eigenvalue weighted by Crippen LogP contribution is -2.38. The van der Waals surface area contributed by atoms with E-state index in [4.69, 9.17) is 0 Å². The van der Waals surface area contributed by atoms with Crippen LogP contribution in [-0.2, 0) is 20.5 Å². The molecule has 0 aromatic heterocycles. The molecule has 0 spiro atoms. The summed E-state index contributed by atoms with van der Waals surface area (Å²) in [7, 11) is 1.24. The molecule has 1 amide bonds. The van der Waals surface area contributed by atoms with Crippen LogP contribution in [0.2, 0.25) is 0 Å². The number of benzene rings is 1. The standard InChI is InChI=1S/C14H17F3N2O3/c1-9(6-13(21)22-2)19-12(20)8-18-11-5-3-4-10(7-11)14(15,16)17/h3-5,7,9,18H,6,8H2,1-2H3,(H,19,20)/t9-/m0/s1. The van der Waals surface area contributed by atoms with E-state index in [2.05, 4.69) is 15.4 Å². The number of carbonyl (C=O) groups is 2. The first-order chi connectivity index (χ1) is 10.2. The second-order valence-corrected chi connectivity index (χ2v) is 4.68. The summed E-state index contributed by atoms with van der Waals surface area (Å²) in [6.45, 7) is 1.42. The molecule has 0 aliphatic rings. The summed E-state index contributed by atoms with van der Waals surface area (Å²) in [5, 5.41) is 5.14. The van der Waals surface area contributed by atoms with Gasteiger partial charge in [0.2, 0.25) is 5.91 Å². The number of methoxy groups -OCH3 is 1. The smallest absolute Gasteiger partial charge is 0.416 e. The number of rotatable bonds is 6. The number of amides is 1. The fourth-order valence-corrected chi connectivity index (χ4v) is 1.70. The van der Waals surface area contributed by atoms with Crippen molar-refractivity contribution in [3.8, 4) is 0 Å². The number of hydrogen-bond donors (Lipinski definition) is 2. The van der Waals surface area contributed by atoms with Crippen LogP contribution in [0.3, 0.4) is 0 Å². The molecule has 0 saturated heterocycles. The highest BCUT2D eigenvalue weighted by Crippen LogP contribution is 2.30. The Morgan fingerprint density at radius 2 is 2.00 bits per heavy atom. The molecule has 0 radical (unpaired) electrons. The molecule has 1 aromatic carbocycles. The van der Waals surface area contributed by atoms with Crippen LogP contribution in [0.4, 0.5) is 18.9 Å². The van der Waals surface area contributed by atoms with Gasteiger partial charge in [0.1, 0.15) is 0 Å². The summed E-state index contributed by atoms with van der Waals surface area (Å²) in [5.74, 6) is -0.896. The van der Waals surface area contributed by atoms with E-state index in [-0.39, 0.29) is 18.7 Å². The van der Waals surface area contributed by atoms with Crippen LogP contribution >= 0.6 is 0 Å². The maximum atomic E-state index is 12.5. The normalized spacial score (nSPS) is 12.4. The van der Waals surface area contributed by atoms with Crippen LogP contribution in [0.1, 0.15) is 18.9 Å². The van der Waals surface area contributed by atoms with Crippen molar-refractivity contribution in [2.75, 3.05) is 19.0 Å². The van der Waals surface area contributed by atoms with Crippen molar-refractivity contribution in [3.63, 3.8) is 0 Å². The molecule has 22 heavy (non-hydrogen) atoms. The molecule has 0 bridgehead atoms. The largest absolute Gasteiger partial charge is 0.469 e. The number of anilines is 1. The van der Waals surface area contributed by atoms with Gasteiger partial charge in [-0.25, -0.2) is 0 Å². The van der Waals surface area contributed by atoms with Gasteiger partial charge in [-0.2, -0.15) is 13.2 Å². The maximum absolute atomic E-state index is 12.5. The number of ether oxygens (including phenoxy) is 1. The Hall–Kier alpha value is -2.25. The lowest BCUT2D eigenvalue weighted by Gasteiger charge is -2.14. The lowest BCUT2D eigenvalue weighted by molar-refractivity contribution is -0.141. The molecule has 8 heteroatoms. The number of carbonyl (C=O) groups excluding carboxylic acids is 2. The lowest BCUT2D eigenvalue weighted by atomic mass is 10.2. The Morgan fingerprint density at radius 3 is 2.59 bits per heavy atom. The van der Waals surface area contributed by atoms with Crippen LogP contribution in [0, 0.1) is 0 Å². The van der Waals surface area contributed by atoms with Crippen molar-refractivity contribution < 1.29 is 27.5 Å². The average molecular weight is 318 g/mol. The van der Waals surface area contributed by atoms with E-state index in [0.717, 1.165) is 12.1 Å². The van der Waals surface area contributed by atoms with Gasteiger partial charge in [0.15, 0.2) is 0 Å². The topological polar surface area (TPSA) is 67.4 Å². The summed E-state index contributed by atoms with van der Waals surface area (Å²) < 4.78 is 42.1. The molecule has 0 heterocycles. The van der Waals surface area contributed by atoms with E-state index in [1.54, 1.807) is 6.92 Å². The molecule has 1 rings (SSSR count). The van der Waals surface area contributed by atoms with Crippen LogP contribution < -0.4 is 10.6 Å². The predicted molar refractivity (Wildman–Crippen MR) is 74.2 cm³/mol. The van der Waals surface area contributed by atoms with Crippen molar-refractivity contribution in [1.29, 1.82) is 0 Å². The van der Waals surface area contributed by atoms with Gasteiger partial charge in [0, 0.05) is 11.7 Å². The summed E-state index contributed by atoms with van der Waals surface area (Å²) in [5.41, 5.74) is -0.609. The van der Waals surface area contributed by atoms with Gasteiger partial charge in [-0.05, 0) is 25.1 Å². The van der Waals surface area contributed by atoms with E-state index >= 15 is 0 Å². The van der Waals surface area contributed by atoms with Gasteiger partial charge in [-0.15, -0.1) is 0 Å². The number of hydrogen-bond acceptors (Lipinski definition) is 4. The SMILES string of the molecule is COC(=O)C[C@H](C)NC(=O)CNc1cccc(C(F)(F)F)c1. The van der Waals surface area contributed by atoms with E-state index in [9.17, 15) is 22.8 Å². The van der Waals surface area contributed by atoms with E-state index in [1.165, 1.54) is 19.2 Å². The second kappa shape index (κ2) is 7.67. The summed E-state index contributed by atoms with van der Waals surface area (Å²) >= 11 is 0. The molecule has 1 atom stereocenters. The summed E-state index contributed by atoms with van der Waals surface area (Å²) in [4.78, 5) is 22.6. The maximum Gasteiger partial charge on any atom is 0.416 e. The first kappa shape index (κ1) is 17.8. The molecular formula is C14H17F3N2O3. The minimum atomic E-state index is -4.44. The first-order valence-electron chi connectivity index (χ1n) is 6.49. The van der Waals surface area contributed by atoms with Gasteiger partial charge in [-0.3, -0.25) is 9.59 Å². The minimum Gasteiger partial charge on any atom is -0.469 e. The molecule has 0 aliphatic heterocycles. The Balaban J connectivity index is 2.49. The van der Waals surface area contributed by atoms with Crippen LogP contribution in [0.5, 0.6) is 0 Å². The fraction of sp³-hybridized carbons (Fsp3) is 0.429. The molecule has 0 saturated carbocycles. The van der Waals surface area contributed by atoms with Gasteiger partial charge >= 0.3 is 12.1 Å². The highest BCUT2D eigenvalue weighted by atomic mass is 19.4. The van der Waals surface area contributed by atoms with Gasteiger partial charge in [0.05, 0.1) is 25.6 Å². The Kier molecular flexibility index (Phi) is 6.21. The van der Waals surface area contributed by atoms with Gasteiger partial charge in [0.25, 0.3) is 0 Å². The van der Waals surface area contributed by atoms with Crippen LogP contribution in [0.25, 0.3) is 0 Å². The predicted octanol–water partition coefficient (Wildman–Crippen LogP) is 2.19. The molecule has 5 nitrogen and oxygen atoms in total. The van der Waals surface area contributed by atoms with Crippen LogP contribution in [-0.4, -0.2) is 31.6 Å². The molecule has 0 unspecified atom stereocenters. The first-order valence-corrected chi connectivity index (χ1v) is 6.49. The Bertz CT molecular complexity index is 532. The van der Waals surface area contributed by atoms with E-state index in [0.29, 0.717) is 0 Å². The zero-order chi connectivity index (χ0) is 16.8. The van der Waals surface area contributed by atoms with Gasteiger partial charge < -0.3 is 15.4 Å². The molecule has 122 valence electrons. The zero-order valence-corrected chi connectivity index (χ0v) is 12.2. The number of nitrogens with one attached hydrogen (secondary N) is 2. The van der Waals surface area contributed by atoms with Crippen LogP contribution in [0.15, 0.2) is 24.3 Å². The highest BCUT2D eigenvalue weighted by molar-refractivity contribution is 5.81. The van der Waals surface area contributed by atoms with Crippen molar-refractivity contribution in [2.45, 2.75) is 25.6 Å². The minimum absolute atomic E-state index is 0.0196. The quantitative estimate of drug-likeness (QED) is 0.789. The van der Waals surface area contributed by atoms with E-state index in [1.807, 2.05) is 0 Å². The highest BCUT2D eigenvalue weighted by Gasteiger charge is 2.30. The number of halogens is 3. The molecule has 2 N–H and O–H groups in total. The number of alkyl halides is 3. The monoisotopic (exact) mass is 318 g/mol. The molecule has 1 aromatic rings. The second-order valence-electron chi connectivity index (χ2n) is 4.68. The van der Waals surface area contributed by atoms with Crippen molar-refractivity contribution in [3.05, 3.63) is 29.8 Å². The third-order valence-corrected chi connectivity index (χ3v) is 2.75. The summed E-state index contributed by atoms with van der Waals surface area (Å²) in [6, 6.07) is 4.13. The fourth-order valence-electron chi connectivity index (χ4n) is 1.70. The summed E-state index contributed by atoms with van der Waals surface area (Å²) in [6.07, 6.45) is -4.42. The number of esters is 1. The average Bonchev–Trinajstić information content (AvgIpc) is 2.44. The van der Waals surface area contributed by atoms with Crippen molar-refractivity contribution >= 4 is 17.6 Å². The third kappa shape index (κ3) is 6.02. The van der Waals surface area contributed by atoms with Crippen molar-refractivity contribution in [2.24, 2.45) is 0 Å². The molecule has 0 aliphatic carbocycles. The van der Waals surface area contributed by atoms with Gasteiger partial charge in [-0.1, -0.05) is 6.07 Å². The zero-order valence-electron chi connectivity index (χ0n) is 12.2. The van der Waals surface area contributed by atoms with E-state index < -0.39 is 29.7 Å². The van der Waals surface area contributed by atoms with Crippen molar-refractivity contribution in [1.82, 2.24) is 5.32 Å². The third-order valence-electron chi connectivity index (χ3n) is 2.75. The molecule has 0 fully saturated rings. The Labute approximate surface area is 125 Å². The Morgan fingerprint density at radius 1 is 1.32 bits per heavy atom. The molecular weight excluding hydrogens is 301 g/mol.